The van der Waals surface area contributed by atoms with Crippen LogP contribution in [0.5, 0.6) is 0 Å². The van der Waals surface area contributed by atoms with Gasteiger partial charge in [-0.1, -0.05) is 24.3 Å². The van der Waals surface area contributed by atoms with Crippen LogP contribution in [0, 0.1) is 12.8 Å². The van der Waals surface area contributed by atoms with Crippen molar-refractivity contribution in [1.82, 2.24) is 14.8 Å². The van der Waals surface area contributed by atoms with Crippen LogP contribution in [0.3, 0.4) is 0 Å². The first-order chi connectivity index (χ1) is 14.3. The molecule has 2 saturated heterocycles. The summed E-state index contributed by atoms with van der Waals surface area (Å²) in [7, 11) is 0. The van der Waals surface area contributed by atoms with Crippen LogP contribution < -0.4 is 0 Å². The molecule has 4 heteroatoms. The van der Waals surface area contributed by atoms with Crippen molar-refractivity contribution >= 4 is 0 Å². The van der Waals surface area contributed by atoms with E-state index in [1.165, 1.54) is 62.0 Å². The fourth-order valence-electron chi connectivity index (χ4n) is 4.75. The molecule has 1 aromatic carbocycles. The molecular formula is C25H35N3O. The maximum absolute atomic E-state index is 5.94. The number of rotatable bonds is 8. The highest BCUT2D eigenvalue weighted by Gasteiger charge is 2.25. The van der Waals surface area contributed by atoms with Crippen molar-refractivity contribution < 1.29 is 4.74 Å². The first-order valence-electron chi connectivity index (χ1n) is 11.3. The number of benzene rings is 1. The van der Waals surface area contributed by atoms with Gasteiger partial charge in [-0.25, -0.2) is 0 Å². The van der Waals surface area contributed by atoms with Crippen LogP contribution in [0.1, 0.15) is 42.4 Å². The van der Waals surface area contributed by atoms with Gasteiger partial charge < -0.3 is 4.74 Å². The number of hydrogen-bond donors (Lipinski definition) is 0. The number of hydrogen-bond acceptors (Lipinski definition) is 4. The quantitative estimate of drug-likeness (QED) is 0.669. The van der Waals surface area contributed by atoms with Gasteiger partial charge in [-0.3, -0.25) is 14.8 Å². The molecule has 1 atom stereocenters. The Labute approximate surface area is 175 Å². The van der Waals surface area contributed by atoms with E-state index >= 15 is 0 Å². The molecule has 4 nitrogen and oxygen atoms in total. The summed E-state index contributed by atoms with van der Waals surface area (Å²) in [5.41, 5.74) is 4.24. The monoisotopic (exact) mass is 393 g/mol. The van der Waals surface area contributed by atoms with E-state index in [0.717, 1.165) is 32.2 Å². The third-order valence-electron chi connectivity index (χ3n) is 6.52. The lowest BCUT2D eigenvalue weighted by molar-refractivity contribution is 0.0570. The van der Waals surface area contributed by atoms with Crippen LogP contribution in [0.4, 0.5) is 0 Å². The van der Waals surface area contributed by atoms with E-state index in [4.69, 9.17) is 4.74 Å². The Morgan fingerprint density at radius 3 is 2.55 bits per heavy atom. The average Bonchev–Trinajstić information content (AvgIpc) is 3.25. The Morgan fingerprint density at radius 1 is 1.03 bits per heavy atom. The van der Waals surface area contributed by atoms with Gasteiger partial charge in [0.1, 0.15) is 0 Å². The van der Waals surface area contributed by atoms with Gasteiger partial charge >= 0.3 is 0 Å². The summed E-state index contributed by atoms with van der Waals surface area (Å²) in [6.07, 6.45) is 9.24. The number of likely N-dealkylation sites (tertiary alicyclic amines) is 1. The van der Waals surface area contributed by atoms with E-state index in [-0.39, 0.29) is 0 Å². The molecule has 0 radical (unpaired) electrons. The normalized spacial score (nSPS) is 21.1. The van der Waals surface area contributed by atoms with Crippen LogP contribution in [-0.2, 0) is 17.8 Å². The highest BCUT2D eigenvalue weighted by Crippen LogP contribution is 2.23. The minimum Gasteiger partial charge on any atom is -0.377 e. The maximum Gasteiger partial charge on any atom is 0.0702 e. The molecule has 0 saturated carbocycles. The summed E-state index contributed by atoms with van der Waals surface area (Å²) < 4.78 is 5.94. The Morgan fingerprint density at radius 2 is 1.83 bits per heavy atom. The highest BCUT2D eigenvalue weighted by molar-refractivity contribution is 5.25. The second-order valence-electron chi connectivity index (χ2n) is 8.83. The summed E-state index contributed by atoms with van der Waals surface area (Å²) in [5.74, 6) is 0.784. The number of aryl methyl sites for hydroxylation is 1. The molecule has 0 aliphatic carbocycles. The van der Waals surface area contributed by atoms with Gasteiger partial charge in [-0.05, 0) is 80.4 Å². The predicted octanol–water partition coefficient (Wildman–Crippen LogP) is 4.28. The molecule has 0 amide bonds. The van der Waals surface area contributed by atoms with Crippen molar-refractivity contribution in [1.29, 1.82) is 0 Å². The summed E-state index contributed by atoms with van der Waals surface area (Å²) in [5, 5.41) is 0. The topological polar surface area (TPSA) is 28.6 Å². The van der Waals surface area contributed by atoms with E-state index in [2.05, 4.69) is 58.1 Å². The molecular weight excluding hydrogens is 358 g/mol. The Bertz CT molecular complexity index is 737. The van der Waals surface area contributed by atoms with Gasteiger partial charge in [0.25, 0.3) is 0 Å². The van der Waals surface area contributed by atoms with Gasteiger partial charge in [0.15, 0.2) is 0 Å². The number of piperidine rings is 1. The predicted molar refractivity (Wildman–Crippen MR) is 118 cm³/mol. The molecule has 1 unspecified atom stereocenters. The second-order valence-corrected chi connectivity index (χ2v) is 8.83. The summed E-state index contributed by atoms with van der Waals surface area (Å²) in [6.45, 7) is 9.92. The first kappa shape index (κ1) is 20.5. The summed E-state index contributed by atoms with van der Waals surface area (Å²) in [6, 6.07) is 13.1. The van der Waals surface area contributed by atoms with Crippen molar-refractivity contribution in [3.05, 3.63) is 65.5 Å². The lowest BCUT2D eigenvalue weighted by Crippen LogP contribution is -2.40. The number of aromatic nitrogens is 1. The fourth-order valence-corrected chi connectivity index (χ4v) is 4.75. The Balaban J connectivity index is 1.30. The number of pyridine rings is 1. The highest BCUT2D eigenvalue weighted by atomic mass is 16.5. The molecule has 3 heterocycles. The summed E-state index contributed by atoms with van der Waals surface area (Å²) >= 11 is 0. The molecule has 2 aromatic rings. The zero-order valence-electron chi connectivity index (χ0n) is 17.8. The van der Waals surface area contributed by atoms with E-state index in [1.54, 1.807) is 0 Å². The molecule has 29 heavy (non-hydrogen) atoms. The fraction of sp³-hybridized carbons (Fsp3) is 0.560. The molecule has 0 bridgehead atoms. The van der Waals surface area contributed by atoms with Crippen molar-refractivity contribution in [3.63, 3.8) is 0 Å². The minimum atomic E-state index is 0.415. The molecule has 2 aliphatic heterocycles. The van der Waals surface area contributed by atoms with Crippen molar-refractivity contribution in [2.75, 3.05) is 32.8 Å². The third-order valence-corrected chi connectivity index (χ3v) is 6.52. The molecule has 1 aromatic heterocycles. The van der Waals surface area contributed by atoms with Gasteiger partial charge in [0.2, 0.25) is 0 Å². The zero-order chi connectivity index (χ0) is 19.9. The molecule has 2 fully saturated rings. The van der Waals surface area contributed by atoms with Gasteiger partial charge in [-0.2, -0.15) is 0 Å². The lowest BCUT2D eigenvalue weighted by atomic mass is 9.95. The standard InChI is InChI=1S/C25H35N3O/c1-21-5-2-3-6-24(21)19-27-14-10-23(11-15-27)18-28(20-25-7-4-16-29-25)17-22-8-12-26-13-9-22/h2-3,5-6,8-9,12-13,23,25H,4,7,10-11,14-20H2,1H3. The Kier molecular flexibility index (Phi) is 7.31. The van der Waals surface area contributed by atoms with E-state index < -0.39 is 0 Å². The van der Waals surface area contributed by atoms with Crippen LogP contribution in [-0.4, -0.2) is 53.7 Å². The molecule has 0 N–H and O–H groups in total. The third kappa shape index (κ3) is 6.11. The average molecular weight is 394 g/mol. The smallest absolute Gasteiger partial charge is 0.0702 e. The van der Waals surface area contributed by atoms with E-state index in [0.29, 0.717) is 6.10 Å². The zero-order valence-corrected chi connectivity index (χ0v) is 17.8. The number of nitrogens with zero attached hydrogens (tertiary/aromatic N) is 3. The summed E-state index contributed by atoms with van der Waals surface area (Å²) in [4.78, 5) is 9.43. The molecule has 2 aliphatic rings. The largest absolute Gasteiger partial charge is 0.377 e. The van der Waals surface area contributed by atoms with Gasteiger partial charge in [-0.15, -0.1) is 0 Å². The van der Waals surface area contributed by atoms with Crippen LogP contribution in [0.15, 0.2) is 48.8 Å². The van der Waals surface area contributed by atoms with Crippen molar-refractivity contribution in [3.8, 4) is 0 Å². The van der Waals surface area contributed by atoms with E-state index in [9.17, 15) is 0 Å². The number of ether oxygens (including phenoxy) is 1. The minimum absolute atomic E-state index is 0.415. The first-order valence-corrected chi connectivity index (χ1v) is 11.3. The van der Waals surface area contributed by atoms with Crippen molar-refractivity contribution in [2.45, 2.75) is 51.8 Å². The van der Waals surface area contributed by atoms with Gasteiger partial charge in [0.05, 0.1) is 6.10 Å². The maximum atomic E-state index is 5.94. The van der Waals surface area contributed by atoms with Crippen LogP contribution in [0.2, 0.25) is 0 Å². The lowest BCUT2D eigenvalue weighted by Gasteiger charge is -2.35. The second kappa shape index (κ2) is 10.3. The van der Waals surface area contributed by atoms with Gasteiger partial charge in [0, 0.05) is 45.2 Å². The SMILES string of the molecule is Cc1ccccc1CN1CCC(CN(Cc2ccncc2)CC2CCCO2)CC1. The molecule has 156 valence electrons. The van der Waals surface area contributed by atoms with Crippen LogP contribution in [0.25, 0.3) is 0 Å². The molecule has 0 spiro atoms. The van der Waals surface area contributed by atoms with Crippen LogP contribution >= 0.6 is 0 Å². The molecule has 4 rings (SSSR count). The Hall–Kier alpha value is -1.75. The van der Waals surface area contributed by atoms with Crippen molar-refractivity contribution in [2.24, 2.45) is 5.92 Å². The van der Waals surface area contributed by atoms with E-state index in [1.807, 2.05) is 12.4 Å².